The molecule has 0 aliphatic rings. The quantitative estimate of drug-likeness (QED) is 0.803. The highest BCUT2D eigenvalue weighted by Crippen LogP contribution is 2.37. The molecule has 1 aromatic rings. The molecular weight excluding hydrogens is 281 g/mol. The predicted octanol–water partition coefficient (Wildman–Crippen LogP) is 4.94. The lowest BCUT2D eigenvalue weighted by Gasteiger charge is -2.28. The molecule has 2 nitrogen and oxygen atoms in total. The lowest BCUT2D eigenvalue weighted by Crippen LogP contribution is -2.27. The van der Waals surface area contributed by atoms with Crippen LogP contribution in [0.15, 0.2) is 12.1 Å². The molecular formula is C15H23Cl2NO. The summed E-state index contributed by atoms with van der Waals surface area (Å²) in [6.07, 6.45) is 0. The molecule has 0 fully saturated rings. The standard InChI is InChI=1S/C15H23Cl2NO/c1-6-19-14-8-12(16)11(7-13(14)17)15(18-5)10(4)9(2)3/h7-10,15,18H,6H2,1-5H3. The molecule has 108 valence electrons. The van der Waals surface area contributed by atoms with E-state index < -0.39 is 0 Å². The van der Waals surface area contributed by atoms with E-state index in [-0.39, 0.29) is 6.04 Å². The molecule has 2 atom stereocenters. The van der Waals surface area contributed by atoms with Crippen LogP contribution in [0, 0.1) is 11.8 Å². The van der Waals surface area contributed by atoms with E-state index in [1.807, 2.05) is 20.0 Å². The topological polar surface area (TPSA) is 21.3 Å². The molecule has 0 aliphatic heterocycles. The molecule has 1 aromatic carbocycles. The van der Waals surface area contributed by atoms with Gasteiger partial charge in [-0.3, -0.25) is 0 Å². The molecule has 1 rings (SSSR count). The average Bonchev–Trinajstić information content (AvgIpc) is 2.35. The van der Waals surface area contributed by atoms with Crippen LogP contribution in [0.4, 0.5) is 0 Å². The molecule has 0 aromatic heterocycles. The number of hydrogen-bond acceptors (Lipinski definition) is 2. The fourth-order valence-electron chi connectivity index (χ4n) is 2.13. The van der Waals surface area contributed by atoms with Crippen LogP contribution in [0.1, 0.15) is 39.3 Å². The molecule has 19 heavy (non-hydrogen) atoms. The lowest BCUT2D eigenvalue weighted by atomic mass is 9.86. The number of ether oxygens (including phenoxy) is 1. The third-order valence-corrected chi connectivity index (χ3v) is 4.20. The van der Waals surface area contributed by atoms with Gasteiger partial charge in [0.1, 0.15) is 5.75 Å². The summed E-state index contributed by atoms with van der Waals surface area (Å²) in [7, 11) is 1.95. The van der Waals surface area contributed by atoms with Crippen molar-refractivity contribution in [2.75, 3.05) is 13.7 Å². The normalized spacial score (nSPS) is 14.5. The first-order chi connectivity index (χ1) is 8.92. The van der Waals surface area contributed by atoms with Crippen molar-refractivity contribution in [2.24, 2.45) is 11.8 Å². The summed E-state index contributed by atoms with van der Waals surface area (Å²) in [5, 5.41) is 4.64. The second kappa shape index (κ2) is 7.37. The first kappa shape index (κ1) is 16.6. The van der Waals surface area contributed by atoms with E-state index in [9.17, 15) is 0 Å². The van der Waals surface area contributed by atoms with Gasteiger partial charge in [-0.2, -0.15) is 0 Å². The van der Waals surface area contributed by atoms with E-state index >= 15 is 0 Å². The number of benzene rings is 1. The molecule has 0 bridgehead atoms. The Hall–Kier alpha value is -0.440. The maximum absolute atomic E-state index is 6.38. The van der Waals surface area contributed by atoms with Gasteiger partial charge in [0, 0.05) is 17.1 Å². The maximum Gasteiger partial charge on any atom is 0.139 e. The first-order valence-electron chi connectivity index (χ1n) is 6.71. The van der Waals surface area contributed by atoms with Crippen LogP contribution in [0.25, 0.3) is 0 Å². The van der Waals surface area contributed by atoms with Crippen molar-refractivity contribution < 1.29 is 4.74 Å². The minimum absolute atomic E-state index is 0.181. The predicted molar refractivity (Wildman–Crippen MR) is 83.4 cm³/mol. The van der Waals surface area contributed by atoms with Crippen LogP contribution in [0.3, 0.4) is 0 Å². The molecule has 4 heteroatoms. The maximum atomic E-state index is 6.38. The van der Waals surface area contributed by atoms with Crippen molar-refractivity contribution in [1.29, 1.82) is 0 Å². The van der Waals surface area contributed by atoms with E-state index in [1.165, 1.54) is 0 Å². The van der Waals surface area contributed by atoms with Gasteiger partial charge in [-0.05, 0) is 37.4 Å². The molecule has 0 saturated heterocycles. The van der Waals surface area contributed by atoms with Crippen LogP contribution in [-0.2, 0) is 0 Å². The summed E-state index contributed by atoms with van der Waals surface area (Å²) < 4.78 is 5.46. The van der Waals surface area contributed by atoms with E-state index in [0.29, 0.717) is 34.2 Å². The number of halogens is 2. The van der Waals surface area contributed by atoms with Crippen LogP contribution in [-0.4, -0.2) is 13.7 Å². The number of rotatable bonds is 6. The summed E-state index contributed by atoms with van der Waals surface area (Å²) in [5.74, 6) is 1.65. The Morgan fingerprint density at radius 2 is 1.79 bits per heavy atom. The molecule has 0 aliphatic carbocycles. The van der Waals surface area contributed by atoms with Crippen molar-refractivity contribution in [3.05, 3.63) is 27.7 Å². The molecule has 1 N–H and O–H groups in total. The minimum atomic E-state index is 0.181. The molecule has 0 saturated carbocycles. The first-order valence-corrected chi connectivity index (χ1v) is 7.46. The van der Waals surface area contributed by atoms with Gasteiger partial charge >= 0.3 is 0 Å². The number of hydrogen-bond donors (Lipinski definition) is 1. The van der Waals surface area contributed by atoms with Crippen molar-refractivity contribution >= 4 is 23.2 Å². The Balaban J connectivity index is 3.15. The van der Waals surface area contributed by atoms with Crippen molar-refractivity contribution in [2.45, 2.75) is 33.7 Å². The van der Waals surface area contributed by atoms with Gasteiger partial charge in [-0.1, -0.05) is 44.0 Å². The summed E-state index contributed by atoms with van der Waals surface area (Å²) in [5.41, 5.74) is 1.03. The SMILES string of the molecule is CCOc1cc(Cl)c(C(NC)C(C)C(C)C)cc1Cl. The number of nitrogens with one attached hydrogen (secondary N) is 1. The Labute approximate surface area is 126 Å². The summed E-state index contributed by atoms with van der Waals surface area (Å²) in [6.45, 7) is 9.13. The van der Waals surface area contributed by atoms with E-state index in [2.05, 4.69) is 26.1 Å². The zero-order chi connectivity index (χ0) is 14.6. The van der Waals surface area contributed by atoms with E-state index in [0.717, 1.165) is 5.56 Å². The average molecular weight is 304 g/mol. The smallest absolute Gasteiger partial charge is 0.139 e. The minimum Gasteiger partial charge on any atom is -0.492 e. The van der Waals surface area contributed by atoms with Crippen molar-refractivity contribution in [3.8, 4) is 5.75 Å². The van der Waals surface area contributed by atoms with Crippen LogP contribution < -0.4 is 10.1 Å². The fourth-order valence-corrected chi connectivity index (χ4v) is 2.63. The Bertz CT molecular complexity index is 421. The highest BCUT2D eigenvalue weighted by atomic mass is 35.5. The van der Waals surface area contributed by atoms with Gasteiger partial charge in [0.25, 0.3) is 0 Å². The van der Waals surface area contributed by atoms with Crippen LogP contribution in [0.2, 0.25) is 10.0 Å². The molecule has 0 radical (unpaired) electrons. The molecule has 0 amide bonds. The fraction of sp³-hybridized carbons (Fsp3) is 0.600. The van der Waals surface area contributed by atoms with Crippen molar-refractivity contribution in [3.63, 3.8) is 0 Å². The molecule has 2 unspecified atom stereocenters. The largest absolute Gasteiger partial charge is 0.492 e. The second-order valence-corrected chi connectivity index (χ2v) is 5.92. The third-order valence-electron chi connectivity index (χ3n) is 3.57. The Kier molecular flexibility index (Phi) is 6.45. The van der Waals surface area contributed by atoms with Gasteiger partial charge in [-0.15, -0.1) is 0 Å². The Morgan fingerprint density at radius 1 is 1.16 bits per heavy atom. The highest BCUT2D eigenvalue weighted by Gasteiger charge is 2.23. The van der Waals surface area contributed by atoms with E-state index in [4.69, 9.17) is 27.9 Å². The zero-order valence-corrected chi connectivity index (χ0v) is 13.8. The summed E-state index contributed by atoms with van der Waals surface area (Å²) >= 11 is 12.6. The third kappa shape index (κ3) is 4.01. The van der Waals surface area contributed by atoms with Crippen LogP contribution >= 0.6 is 23.2 Å². The van der Waals surface area contributed by atoms with Gasteiger partial charge in [0.2, 0.25) is 0 Å². The van der Waals surface area contributed by atoms with E-state index in [1.54, 1.807) is 6.07 Å². The highest BCUT2D eigenvalue weighted by molar-refractivity contribution is 6.34. The summed E-state index contributed by atoms with van der Waals surface area (Å²) in [6, 6.07) is 3.90. The molecule has 0 heterocycles. The van der Waals surface area contributed by atoms with Gasteiger partial charge < -0.3 is 10.1 Å². The lowest BCUT2D eigenvalue weighted by molar-refractivity contribution is 0.316. The van der Waals surface area contributed by atoms with Crippen molar-refractivity contribution in [1.82, 2.24) is 5.32 Å². The monoisotopic (exact) mass is 303 g/mol. The van der Waals surface area contributed by atoms with Crippen LogP contribution in [0.5, 0.6) is 5.75 Å². The van der Waals surface area contributed by atoms with Gasteiger partial charge in [0.15, 0.2) is 0 Å². The van der Waals surface area contributed by atoms with Gasteiger partial charge in [-0.25, -0.2) is 0 Å². The zero-order valence-electron chi connectivity index (χ0n) is 12.3. The molecule has 0 spiro atoms. The Morgan fingerprint density at radius 3 is 2.26 bits per heavy atom. The van der Waals surface area contributed by atoms with Gasteiger partial charge in [0.05, 0.1) is 11.6 Å². The second-order valence-electron chi connectivity index (χ2n) is 5.11. The summed E-state index contributed by atoms with van der Waals surface area (Å²) in [4.78, 5) is 0.